The first-order valence-corrected chi connectivity index (χ1v) is 4.62. The van der Waals surface area contributed by atoms with Crippen LogP contribution in [0.4, 0.5) is 0 Å². The van der Waals surface area contributed by atoms with Crippen molar-refractivity contribution in [2.24, 2.45) is 0 Å². The molecule has 4 nitrogen and oxygen atoms in total. The summed E-state index contributed by atoms with van der Waals surface area (Å²) in [5.74, 6) is 1.64. The van der Waals surface area contributed by atoms with Crippen LogP contribution in [0.25, 0.3) is 16.8 Å². The molecule has 0 atom stereocenters. The van der Waals surface area contributed by atoms with E-state index in [2.05, 4.69) is 15.2 Å². The lowest BCUT2D eigenvalue weighted by atomic mass is 10.3. The largest absolute Gasteiger partial charge is 0.263 e. The Balaban J connectivity index is 2.58. The summed E-state index contributed by atoms with van der Waals surface area (Å²) >= 11 is 5.88. The van der Waals surface area contributed by atoms with Crippen LogP contribution in [0.1, 0.15) is 5.82 Å². The number of hydrogen-bond acceptors (Lipinski definition) is 2. The van der Waals surface area contributed by atoms with Crippen LogP contribution in [0, 0.1) is 6.92 Å². The second kappa shape index (κ2) is 2.48. The Bertz CT molecular complexity index is 622. The summed E-state index contributed by atoms with van der Waals surface area (Å²) in [6.07, 6.45) is 0. The second-order valence-corrected chi connectivity index (χ2v) is 3.61. The minimum atomic E-state index is 0.698. The van der Waals surface area contributed by atoms with Gasteiger partial charge in [-0.15, -0.1) is 0 Å². The fraction of sp³-hybridized carbons (Fsp3) is 0.111. The lowest BCUT2D eigenvalue weighted by Gasteiger charge is -1.92. The molecule has 2 aromatic heterocycles. The molecule has 0 unspecified atom stereocenters. The summed E-state index contributed by atoms with van der Waals surface area (Å²) in [7, 11) is 0. The van der Waals surface area contributed by atoms with E-state index in [9.17, 15) is 0 Å². The molecule has 0 aliphatic carbocycles. The number of rotatable bonds is 0. The number of halogens is 1. The van der Waals surface area contributed by atoms with Crippen LogP contribution in [0.2, 0.25) is 5.02 Å². The molecule has 0 fully saturated rings. The highest BCUT2D eigenvalue weighted by molar-refractivity contribution is 6.31. The van der Waals surface area contributed by atoms with E-state index in [1.807, 2.05) is 29.5 Å². The van der Waals surface area contributed by atoms with Crippen molar-refractivity contribution in [3.8, 4) is 0 Å². The van der Waals surface area contributed by atoms with E-state index in [1.165, 1.54) is 0 Å². The maximum Gasteiger partial charge on any atom is 0.230 e. The number of aryl methyl sites for hydroxylation is 1. The number of aromatic nitrogens is 4. The minimum Gasteiger partial charge on any atom is -0.263 e. The first-order chi connectivity index (χ1) is 6.75. The topological polar surface area (TPSA) is 46.0 Å². The van der Waals surface area contributed by atoms with Gasteiger partial charge in [-0.2, -0.15) is 5.10 Å². The van der Waals surface area contributed by atoms with Crippen molar-refractivity contribution in [2.75, 3.05) is 0 Å². The third-order valence-electron chi connectivity index (χ3n) is 2.26. The van der Waals surface area contributed by atoms with Crippen LogP contribution >= 0.6 is 11.6 Å². The van der Waals surface area contributed by atoms with Gasteiger partial charge in [0.25, 0.3) is 0 Å². The number of nitrogens with zero attached hydrogens (tertiary/aromatic N) is 3. The molecule has 5 heteroatoms. The van der Waals surface area contributed by atoms with E-state index >= 15 is 0 Å². The molecule has 2 heterocycles. The fourth-order valence-electron chi connectivity index (χ4n) is 1.64. The van der Waals surface area contributed by atoms with Crippen LogP contribution in [0.3, 0.4) is 0 Å². The van der Waals surface area contributed by atoms with Crippen molar-refractivity contribution < 1.29 is 0 Å². The first kappa shape index (κ1) is 7.82. The molecule has 0 saturated heterocycles. The van der Waals surface area contributed by atoms with Crippen molar-refractivity contribution >= 4 is 28.4 Å². The standard InChI is InChI=1S/C9H7ClN4/c1-5-12-13-9-11-7-4-6(10)2-3-8(7)14(5)9/h2-4H,1H3,(H,11,13). The van der Waals surface area contributed by atoms with Gasteiger partial charge in [-0.1, -0.05) is 11.6 Å². The van der Waals surface area contributed by atoms with Gasteiger partial charge in [0.2, 0.25) is 5.78 Å². The Morgan fingerprint density at radius 2 is 2.29 bits per heavy atom. The number of nitrogens with one attached hydrogen (secondary N) is 1. The van der Waals surface area contributed by atoms with Crippen LogP contribution in [0.15, 0.2) is 18.2 Å². The number of hydrogen-bond donors (Lipinski definition) is 1. The van der Waals surface area contributed by atoms with Gasteiger partial charge in [0.05, 0.1) is 11.0 Å². The zero-order valence-electron chi connectivity index (χ0n) is 7.45. The van der Waals surface area contributed by atoms with Gasteiger partial charge < -0.3 is 0 Å². The third-order valence-corrected chi connectivity index (χ3v) is 2.49. The zero-order chi connectivity index (χ0) is 9.71. The van der Waals surface area contributed by atoms with E-state index in [0.29, 0.717) is 5.02 Å². The molecular weight excluding hydrogens is 200 g/mol. The Morgan fingerprint density at radius 3 is 3.14 bits per heavy atom. The summed E-state index contributed by atoms with van der Waals surface area (Å²) in [6, 6.07) is 5.64. The third kappa shape index (κ3) is 0.886. The maximum absolute atomic E-state index is 5.88. The highest BCUT2D eigenvalue weighted by atomic mass is 35.5. The molecule has 0 amide bonds. The molecule has 0 aliphatic heterocycles. The maximum atomic E-state index is 5.88. The lowest BCUT2D eigenvalue weighted by molar-refractivity contribution is 1.02. The van der Waals surface area contributed by atoms with Crippen molar-refractivity contribution in [1.82, 2.24) is 19.6 Å². The molecule has 0 saturated carbocycles. The van der Waals surface area contributed by atoms with Crippen LogP contribution < -0.4 is 0 Å². The quantitative estimate of drug-likeness (QED) is 0.613. The van der Waals surface area contributed by atoms with Gasteiger partial charge in [-0.3, -0.25) is 4.40 Å². The van der Waals surface area contributed by atoms with Gasteiger partial charge >= 0.3 is 0 Å². The molecule has 0 radical (unpaired) electrons. The molecule has 0 bridgehead atoms. The van der Waals surface area contributed by atoms with Gasteiger partial charge in [0.1, 0.15) is 5.82 Å². The molecule has 3 rings (SSSR count). The first-order valence-electron chi connectivity index (χ1n) is 4.24. The number of benzene rings is 1. The van der Waals surface area contributed by atoms with Crippen molar-refractivity contribution in [3.63, 3.8) is 0 Å². The normalized spacial score (nSPS) is 11.6. The van der Waals surface area contributed by atoms with Crippen molar-refractivity contribution in [1.29, 1.82) is 0 Å². The minimum absolute atomic E-state index is 0.698. The van der Waals surface area contributed by atoms with E-state index in [-0.39, 0.29) is 0 Å². The summed E-state index contributed by atoms with van der Waals surface area (Å²) in [6.45, 7) is 1.93. The fourth-order valence-corrected chi connectivity index (χ4v) is 1.80. The highest BCUT2D eigenvalue weighted by Crippen LogP contribution is 2.20. The summed E-state index contributed by atoms with van der Waals surface area (Å²) in [5.41, 5.74) is 1.91. The molecule has 0 aliphatic rings. The number of aromatic amines is 1. The SMILES string of the molecule is Cc1n[nH]c2nc3cc(Cl)ccc3n12. The molecule has 1 aromatic carbocycles. The lowest BCUT2D eigenvalue weighted by Crippen LogP contribution is -1.83. The highest BCUT2D eigenvalue weighted by Gasteiger charge is 2.08. The van der Waals surface area contributed by atoms with E-state index in [0.717, 1.165) is 22.6 Å². The second-order valence-electron chi connectivity index (χ2n) is 3.17. The van der Waals surface area contributed by atoms with Crippen LogP contribution in [0.5, 0.6) is 0 Å². The summed E-state index contributed by atoms with van der Waals surface area (Å²) < 4.78 is 1.96. The molecule has 14 heavy (non-hydrogen) atoms. The smallest absolute Gasteiger partial charge is 0.230 e. The summed E-state index contributed by atoms with van der Waals surface area (Å²) in [4.78, 5) is 4.36. The molecule has 70 valence electrons. The van der Waals surface area contributed by atoms with Gasteiger partial charge in [0.15, 0.2) is 0 Å². The Morgan fingerprint density at radius 1 is 1.43 bits per heavy atom. The monoisotopic (exact) mass is 206 g/mol. The van der Waals surface area contributed by atoms with Gasteiger partial charge in [0, 0.05) is 5.02 Å². The number of H-pyrrole nitrogens is 1. The summed E-state index contributed by atoms with van der Waals surface area (Å²) in [5, 5.41) is 7.62. The number of imidazole rings is 1. The molecular formula is C9H7ClN4. The average Bonchev–Trinajstić information content (AvgIpc) is 2.66. The van der Waals surface area contributed by atoms with E-state index < -0.39 is 0 Å². The Labute approximate surface area is 84.5 Å². The zero-order valence-corrected chi connectivity index (χ0v) is 8.21. The van der Waals surface area contributed by atoms with Crippen molar-refractivity contribution in [3.05, 3.63) is 29.0 Å². The molecule has 0 spiro atoms. The van der Waals surface area contributed by atoms with Gasteiger partial charge in [-0.25, -0.2) is 10.1 Å². The Hall–Kier alpha value is -1.55. The van der Waals surface area contributed by atoms with Crippen LogP contribution in [-0.2, 0) is 0 Å². The van der Waals surface area contributed by atoms with Gasteiger partial charge in [-0.05, 0) is 25.1 Å². The number of fused-ring (bicyclic) bond motifs is 3. The Kier molecular flexibility index (Phi) is 1.39. The predicted molar refractivity (Wildman–Crippen MR) is 54.6 cm³/mol. The average molecular weight is 207 g/mol. The predicted octanol–water partition coefficient (Wildman–Crippen LogP) is 2.17. The van der Waals surface area contributed by atoms with Crippen molar-refractivity contribution in [2.45, 2.75) is 6.92 Å². The van der Waals surface area contributed by atoms with E-state index in [4.69, 9.17) is 11.6 Å². The van der Waals surface area contributed by atoms with E-state index in [1.54, 1.807) is 0 Å². The molecule has 1 N–H and O–H groups in total. The molecule has 3 aromatic rings. The van der Waals surface area contributed by atoms with Crippen LogP contribution in [-0.4, -0.2) is 19.6 Å².